The first-order chi connectivity index (χ1) is 15.1. The maximum atomic E-state index is 13.0. The quantitative estimate of drug-likeness (QED) is 0.264. The lowest BCUT2D eigenvalue weighted by Gasteiger charge is -2.38. The fraction of sp³-hybridized carbons (Fsp3) is 0.692. The molecule has 0 saturated carbocycles. The number of halogens is 1. The van der Waals surface area contributed by atoms with E-state index in [9.17, 15) is 14.7 Å². The van der Waals surface area contributed by atoms with E-state index in [2.05, 4.69) is 81.4 Å². The van der Waals surface area contributed by atoms with E-state index < -0.39 is 16.2 Å². The minimum absolute atomic E-state index is 0.248. The fourth-order valence-corrected chi connectivity index (χ4v) is 6.19. The maximum Gasteiger partial charge on any atom is 0.321 e. The van der Waals surface area contributed by atoms with Crippen LogP contribution in [0.25, 0.3) is 0 Å². The molecule has 1 aromatic rings. The molecular formula is C26H40BrNO4S. The van der Waals surface area contributed by atoms with Gasteiger partial charge < -0.3 is 14.6 Å². The number of phenols is 1. The maximum absolute atomic E-state index is 13.0. The monoisotopic (exact) mass is 541 g/mol. The molecule has 1 aromatic carbocycles. The van der Waals surface area contributed by atoms with E-state index in [0.29, 0.717) is 12.3 Å². The van der Waals surface area contributed by atoms with Gasteiger partial charge in [0.05, 0.1) is 17.0 Å². The molecule has 3 unspecified atom stereocenters. The van der Waals surface area contributed by atoms with Crippen LogP contribution < -0.4 is 0 Å². The van der Waals surface area contributed by atoms with Crippen molar-refractivity contribution in [2.45, 2.75) is 102 Å². The molecule has 0 aromatic heterocycles. The fourth-order valence-electron chi connectivity index (χ4n) is 4.34. The van der Waals surface area contributed by atoms with Crippen molar-refractivity contribution in [3.63, 3.8) is 0 Å². The highest BCUT2D eigenvalue weighted by atomic mass is 79.9. The van der Waals surface area contributed by atoms with Gasteiger partial charge in [-0.3, -0.25) is 9.69 Å². The van der Waals surface area contributed by atoms with E-state index in [-0.39, 0.29) is 22.9 Å². The molecule has 1 aliphatic rings. The normalized spacial score (nSPS) is 24.3. The second-order valence-corrected chi connectivity index (χ2v) is 13.6. The van der Waals surface area contributed by atoms with Crippen LogP contribution in [0.2, 0.25) is 0 Å². The van der Waals surface area contributed by atoms with Crippen LogP contribution >= 0.6 is 27.7 Å². The molecule has 33 heavy (non-hydrogen) atoms. The lowest BCUT2D eigenvalue weighted by atomic mass is 9.77. The summed E-state index contributed by atoms with van der Waals surface area (Å²) in [5.74, 6) is -0.0365. The standard InChI is InChI=1S/C26H40BrNO4S/c1-16(2)32-23(31)22-20(15-29)28(12-10-11-27)26(9,33-22)17-13-18(24(3,4)5)21(30)19(14-17)25(6,7)8/h13-16,20,22,30H,10-12H2,1-9H3. The molecule has 1 heterocycles. The summed E-state index contributed by atoms with van der Waals surface area (Å²) in [6.07, 6.45) is 1.47. The zero-order valence-corrected chi connectivity index (χ0v) is 23.9. The summed E-state index contributed by atoms with van der Waals surface area (Å²) in [4.78, 5) is 26.8. The Morgan fingerprint density at radius 1 is 1.21 bits per heavy atom. The number of carbonyl (C=O) groups excluding carboxylic acids is 2. The van der Waals surface area contributed by atoms with Crippen molar-refractivity contribution in [3.05, 3.63) is 28.8 Å². The van der Waals surface area contributed by atoms with E-state index >= 15 is 0 Å². The Bertz CT molecular complexity index is 839. The number of esters is 1. The lowest BCUT2D eigenvalue weighted by molar-refractivity contribution is -0.148. The third-order valence-corrected chi connectivity index (χ3v) is 8.31. The molecule has 7 heteroatoms. The Labute approximate surface area is 212 Å². The average molecular weight is 543 g/mol. The molecule has 0 radical (unpaired) electrons. The number of aldehydes is 1. The van der Waals surface area contributed by atoms with Gasteiger partial charge in [-0.15, -0.1) is 11.8 Å². The molecular weight excluding hydrogens is 502 g/mol. The van der Waals surface area contributed by atoms with Gasteiger partial charge in [-0.05, 0) is 66.8 Å². The van der Waals surface area contributed by atoms with E-state index in [1.54, 1.807) is 0 Å². The van der Waals surface area contributed by atoms with Crippen molar-refractivity contribution in [1.82, 2.24) is 4.90 Å². The number of hydrogen-bond acceptors (Lipinski definition) is 6. The number of thioether (sulfide) groups is 1. The molecule has 2 rings (SSSR count). The van der Waals surface area contributed by atoms with Gasteiger partial charge in [0.25, 0.3) is 0 Å². The van der Waals surface area contributed by atoms with Gasteiger partial charge in [-0.1, -0.05) is 57.5 Å². The largest absolute Gasteiger partial charge is 0.507 e. The number of carbonyl (C=O) groups is 2. The second kappa shape index (κ2) is 10.3. The van der Waals surface area contributed by atoms with Crippen LogP contribution in [0.5, 0.6) is 5.75 Å². The van der Waals surface area contributed by atoms with Crippen LogP contribution in [-0.2, 0) is 30.0 Å². The number of phenolic OH excluding ortho intramolecular Hbond substituents is 1. The molecule has 0 amide bonds. The van der Waals surface area contributed by atoms with Crippen molar-refractivity contribution in [1.29, 1.82) is 0 Å². The first-order valence-electron chi connectivity index (χ1n) is 11.6. The smallest absolute Gasteiger partial charge is 0.321 e. The van der Waals surface area contributed by atoms with Gasteiger partial charge in [0.15, 0.2) is 0 Å². The summed E-state index contributed by atoms with van der Waals surface area (Å²) in [5, 5.41) is 11.4. The van der Waals surface area contributed by atoms with Crippen molar-refractivity contribution in [2.75, 3.05) is 11.9 Å². The van der Waals surface area contributed by atoms with Crippen LogP contribution in [-0.4, -0.2) is 51.5 Å². The summed E-state index contributed by atoms with van der Waals surface area (Å²) in [7, 11) is 0. The predicted molar refractivity (Wildman–Crippen MR) is 140 cm³/mol. The minimum Gasteiger partial charge on any atom is -0.507 e. The number of ether oxygens (including phenoxy) is 1. The van der Waals surface area contributed by atoms with Crippen molar-refractivity contribution in [2.24, 2.45) is 0 Å². The topological polar surface area (TPSA) is 66.8 Å². The lowest BCUT2D eigenvalue weighted by Crippen LogP contribution is -2.46. The predicted octanol–water partition coefficient (Wildman–Crippen LogP) is 5.88. The molecule has 1 saturated heterocycles. The third-order valence-electron chi connectivity index (χ3n) is 6.09. The Hall–Kier alpha value is -1.05. The first kappa shape index (κ1) is 28.2. The van der Waals surface area contributed by atoms with Gasteiger partial charge in [0, 0.05) is 11.9 Å². The van der Waals surface area contributed by atoms with Gasteiger partial charge in [-0.25, -0.2) is 0 Å². The second-order valence-electron chi connectivity index (χ2n) is 11.3. The van der Waals surface area contributed by atoms with Crippen molar-refractivity contribution < 1.29 is 19.4 Å². The first-order valence-corrected chi connectivity index (χ1v) is 13.6. The zero-order chi connectivity index (χ0) is 25.4. The molecule has 0 spiro atoms. The van der Waals surface area contributed by atoms with Crippen LogP contribution in [0.15, 0.2) is 12.1 Å². The highest BCUT2D eigenvalue weighted by molar-refractivity contribution is 9.09. The summed E-state index contributed by atoms with van der Waals surface area (Å²) >= 11 is 4.98. The molecule has 0 aliphatic carbocycles. The molecule has 1 N–H and O–H groups in total. The van der Waals surface area contributed by atoms with Crippen LogP contribution in [0.3, 0.4) is 0 Å². The summed E-state index contributed by atoms with van der Waals surface area (Å²) in [5.41, 5.74) is 2.16. The van der Waals surface area contributed by atoms with Gasteiger partial charge in [0.2, 0.25) is 0 Å². The number of alkyl halides is 1. The Kier molecular flexibility index (Phi) is 8.79. The van der Waals surface area contributed by atoms with Crippen molar-refractivity contribution >= 4 is 39.9 Å². The van der Waals surface area contributed by atoms with Gasteiger partial charge in [-0.2, -0.15) is 0 Å². The SMILES string of the molecule is CC(C)OC(=O)C1SC(C)(c2cc(C(C)(C)C)c(O)c(C(C)(C)C)c2)N(CCCBr)C1C=O. The van der Waals surface area contributed by atoms with Gasteiger partial charge >= 0.3 is 5.97 Å². The summed E-state index contributed by atoms with van der Waals surface area (Å²) < 4.78 is 5.53. The van der Waals surface area contributed by atoms with Crippen LogP contribution in [0, 0.1) is 0 Å². The van der Waals surface area contributed by atoms with E-state index in [4.69, 9.17) is 4.74 Å². The minimum atomic E-state index is -0.637. The highest BCUT2D eigenvalue weighted by Crippen LogP contribution is 2.53. The molecule has 1 aliphatic heterocycles. The Morgan fingerprint density at radius 3 is 2.12 bits per heavy atom. The van der Waals surface area contributed by atoms with E-state index in [1.807, 2.05) is 13.8 Å². The highest BCUT2D eigenvalue weighted by Gasteiger charge is 2.54. The Morgan fingerprint density at radius 2 is 1.73 bits per heavy atom. The molecule has 3 atom stereocenters. The molecule has 5 nitrogen and oxygen atoms in total. The Balaban J connectivity index is 2.74. The number of hydrogen-bond donors (Lipinski definition) is 1. The molecule has 1 fully saturated rings. The molecule has 0 bridgehead atoms. The number of aromatic hydroxyl groups is 1. The number of rotatable bonds is 7. The third kappa shape index (κ3) is 5.96. The molecule has 186 valence electrons. The number of nitrogens with zero attached hydrogens (tertiary/aromatic N) is 1. The van der Waals surface area contributed by atoms with Gasteiger partial charge in [0.1, 0.15) is 17.3 Å². The average Bonchev–Trinajstić information content (AvgIpc) is 2.96. The van der Waals surface area contributed by atoms with E-state index in [1.165, 1.54) is 11.8 Å². The summed E-state index contributed by atoms with van der Waals surface area (Å²) in [6.45, 7) is 18.9. The van der Waals surface area contributed by atoms with E-state index in [0.717, 1.165) is 34.7 Å². The van der Waals surface area contributed by atoms with Crippen molar-refractivity contribution in [3.8, 4) is 5.75 Å². The number of benzene rings is 1. The van der Waals surface area contributed by atoms with Crippen LogP contribution in [0.1, 0.15) is 85.4 Å². The van der Waals surface area contributed by atoms with Crippen LogP contribution in [0.4, 0.5) is 0 Å². The summed E-state index contributed by atoms with van der Waals surface area (Å²) in [6, 6.07) is 3.52. The zero-order valence-electron chi connectivity index (χ0n) is 21.5.